The van der Waals surface area contributed by atoms with Gasteiger partial charge in [-0.25, -0.2) is 0 Å². The van der Waals surface area contributed by atoms with Crippen molar-refractivity contribution in [1.29, 1.82) is 0 Å². The Balaban J connectivity index is 1.89. The van der Waals surface area contributed by atoms with Gasteiger partial charge in [-0.1, -0.05) is 48.0 Å². The second-order valence-electron chi connectivity index (χ2n) is 4.02. The molecule has 2 aliphatic heterocycles. The Kier molecular flexibility index (Phi) is 4.68. The smallest absolute Gasteiger partial charge is 0.230 e. The fourth-order valence-electron chi connectivity index (χ4n) is 1.90. The zero-order chi connectivity index (χ0) is 12.4. The maximum Gasteiger partial charge on any atom is 0.230 e. The van der Waals surface area contributed by atoms with Gasteiger partial charge in [-0.3, -0.25) is 9.69 Å². The van der Waals surface area contributed by atoms with Crippen molar-refractivity contribution >= 4 is 62.5 Å². The highest BCUT2D eigenvalue weighted by Gasteiger charge is 2.29. The standard InChI is InChI=1S/C10H14N2OS4/c1-7(11-2-4-16-9(11)14)6-8(13)12-3-5-17-10(12)15/h7H,2-6H2,1H3. The van der Waals surface area contributed by atoms with E-state index in [0.29, 0.717) is 6.42 Å². The topological polar surface area (TPSA) is 23.6 Å². The molecular formula is C10H14N2OS4. The first-order valence-electron chi connectivity index (χ1n) is 5.50. The Bertz CT molecular complexity index is 360. The molecule has 1 atom stereocenters. The first kappa shape index (κ1) is 13.6. The molecule has 17 heavy (non-hydrogen) atoms. The summed E-state index contributed by atoms with van der Waals surface area (Å²) in [6, 6.07) is 0.179. The molecule has 0 aromatic heterocycles. The molecule has 0 saturated carbocycles. The third-order valence-corrected chi connectivity index (χ3v) is 5.74. The molecule has 2 heterocycles. The van der Waals surface area contributed by atoms with Gasteiger partial charge in [0.05, 0.1) is 0 Å². The van der Waals surface area contributed by atoms with Gasteiger partial charge in [-0.05, 0) is 6.92 Å². The molecule has 7 heteroatoms. The van der Waals surface area contributed by atoms with Crippen molar-refractivity contribution in [2.75, 3.05) is 24.6 Å². The van der Waals surface area contributed by atoms with Crippen molar-refractivity contribution in [3.8, 4) is 0 Å². The Morgan fingerprint density at radius 2 is 1.94 bits per heavy atom. The molecule has 2 rings (SSSR count). The Morgan fingerprint density at radius 1 is 1.29 bits per heavy atom. The van der Waals surface area contributed by atoms with E-state index >= 15 is 0 Å². The second kappa shape index (κ2) is 5.86. The van der Waals surface area contributed by atoms with Gasteiger partial charge in [0.15, 0.2) is 0 Å². The lowest BCUT2D eigenvalue weighted by Crippen LogP contribution is -2.39. The second-order valence-corrected chi connectivity index (χ2v) is 7.48. The predicted octanol–water partition coefficient (Wildman–Crippen LogP) is 1.96. The van der Waals surface area contributed by atoms with Crippen LogP contribution in [0.15, 0.2) is 0 Å². The minimum atomic E-state index is 0.132. The summed E-state index contributed by atoms with van der Waals surface area (Å²) in [5.41, 5.74) is 0. The van der Waals surface area contributed by atoms with E-state index in [0.717, 1.165) is 33.2 Å². The van der Waals surface area contributed by atoms with Crippen LogP contribution in [0, 0.1) is 0 Å². The molecule has 0 spiro atoms. The number of carbonyl (C=O) groups excluding carboxylic acids is 1. The highest BCUT2D eigenvalue weighted by Crippen LogP contribution is 2.24. The van der Waals surface area contributed by atoms with Crippen molar-refractivity contribution in [3.05, 3.63) is 0 Å². The summed E-state index contributed by atoms with van der Waals surface area (Å²) in [7, 11) is 0. The minimum absolute atomic E-state index is 0.132. The molecule has 0 N–H and O–H groups in total. The Morgan fingerprint density at radius 3 is 2.47 bits per heavy atom. The van der Waals surface area contributed by atoms with Crippen LogP contribution in [0.25, 0.3) is 0 Å². The average molecular weight is 307 g/mol. The lowest BCUT2D eigenvalue weighted by Gasteiger charge is -2.26. The number of hydrogen-bond donors (Lipinski definition) is 0. The number of hydrogen-bond acceptors (Lipinski definition) is 5. The summed E-state index contributed by atoms with van der Waals surface area (Å²) in [4.78, 5) is 15.9. The maximum atomic E-state index is 12.1. The molecule has 0 radical (unpaired) electrons. The zero-order valence-electron chi connectivity index (χ0n) is 9.55. The van der Waals surface area contributed by atoms with Gasteiger partial charge >= 0.3 is 0 Å². The zero-order valence-corrected chi connectivity index (χ0v) is 12.8. The molecule has 0 aromatic carbocycles. The molecule has 0 aliphatic carbocycles. The number of amides is 1. The van der Waals surface area contributed by atoms with E-state index in [4.69, 9.17) is 24.4 Å². The normalized spacial score (nSPS) is 22.4. The average Bonchev–Trinajstić information content (AvgIpc) is 2.86. The molecular weight excluding hydrogens is 292 g/mol. The van der Waals surface area contributed by atoms with Crippen molar-refractivity contribution in [1.82, 2.24) is 9.80 Å². The lowest BCUT2D eigenvalue weighted by atomic mass is 10.2. The van der Waals surface area contributed by atoms with E-state index in [9.17, 15) is 4.79 Å². The van der Waals surface area contributed by atoms with E-state index in [2.05, 4.69) is 11.8 Å². The highest BCUT2D eigenvalue weighted by molar-refractivity contribution is 8.23. The largest absolute Gasteiger partial charge is 0.353 e. The molecule has 0 aromatic rings. The van der Waals surface area contributed by atoms with Crippen molar-refractivity contribution in [2.45, 2.75) is 19.4 Å². The Labute approximate surface area is 121 Å². The summed E-state index contributed by atoms with van der Waals surface area (Å²) in [5.74, 6) is 2.10. The maximum absolute atomic E-state index is 12.1. The number of thioether (sulfide) groups is 2. The predicted molar refractivity (Wildman–Crippen MR) is 82.6 cm³/mol. The lowest BCUT2D eigenvalue weighted by molar-refractivity contribution is -0.127. The van der Waals surface area contributed by atoms with E-state index in [1.807, 2.05) is 0 Å². The van der Waals surface area contributed by atoms with E-state index < -0.39 is 0 Å². The molecule has 2 saturated heterocycles. The van der Waals surface area contributed by atoms with Crippen molar-refractivity contribution < 1.29 is 4.79 Å². The van der Waals surface area contributed by atoms with Gasteiger partial charge in [0.1, 0.15) is 8.64 Å². The number of nitrogens with zero attached hydrogens (tertiary/aromatic N) is 2. The van der Waals surface area contributed by atoms with Gasteiger partial charge in [-0.15, -0.1) is 0 Å². The summed E-state index contributed by atoms with van der Waals surface area (Å²) >= 11 is 13.7. The first-order valence-corrected chi connectivity index (χ1v) is 8.29. The van der Waals surface area contributed by atoms with E-state index in [1.165, 1.54) is 0 Å². The van der Waals surface area contributed by atoms with Crippen LogP contribution in [0.5, 0.6) is 0 Å². The van der Waals surface area contributed by atoms with Crippen molar-refractivity contribution in [2.24, 2.45) is 0 Å². The van der Waals surface area contributed by atoms with Gasteiger partial charge in [0.2, 0.25) is 5.91 Å². The van der Waals surface area contributed by atoms with E-state index in [-0.39, 0.29) is 11.9 Å². The number of rotatable bonds is 3. The summed E-state index contributed by atoms with van der Waals surface area (Å²) in [6.45, 7) is 3.77. The first-order chi connectivity index (χ1) is 8.09. The molecule has 1 amide bonds. The molecule has 0 bridgehead atoms. The fraction of sp³-hybridized carbons (Fsp3) is 0.700. The summed E-state index contributed by atoms with van der Waals surface area (Å²) in [5, 5.41) is 0. The molecule has 3 nitrogen and oxygen atoms in total. The molecule has 2 fully saturated rings. The van der Waals surface area contributed by atoms with E-state index in [1.54, 1.807) is 28.4 Å². The van der Waals surface area contributed by atoms with Gasteiger partial charge in [0, 0.05) is 37.1 Å². The van der Waals surface area contributed by atoms with Crippen molar-refractivity contribution in [3.63, 3.8) is 0 Å². The van der Waals surface area contributed by atoms with Crippen LogP contribution in [0.1, 0.15) is 13.3 Å². The van der Waals surface area contributed by atoms with Crippen LogP contribution in [-0.2, 0) is 4.79 Å². The quantitative estimate of drug-likeness (QED) is 0.739. The summed E-state index contributed by atoms with van der Waals surface area (Å²) < 4.78 is 1.64. The number of thiocarbonyl (C=S) groups is 2. The van der Waals surface area contributed by atoms with Crippen LogP contribution >= 0.6 is 48.0 Å². The Hall–Kier alpha value is 0.150. The highest BCUT2D eigenvalue weighted by atomic mass is 32.2. The van der Waals surface area contributed by atoms with Crippen LogP contribution in [-0.4, -0.2) is 55.0 Å². The SMILES string of the molecule is CC(CC(=O)N1CCSC1=S)N1CCSC1=S. The number of carbonyl (C=O) groups is 1. The van der Waals surface area contributed by atoms with Gasteiger partial charge < -0.3 is 4.90 Å². The minimum Gasteiger partial charge on any atom is -0.353 e. The third kappa shape index (κ3) is 3.13. The van der Waals surface area contributed by atoms with Crippen LogP contribution in [0.2, 0.25) is 0 Å². The molecule has 2 aliphatic rings. The third-order valence-electron chi connectivity index (χ3n) is 2.86. The molecule has 94 valence electrons. The van der Waals surface area contributed by atoms with Crippen LogP contribution in [0.3, 0.4) is 0 Å². The van der Waals surface area contributed by atoms with Crippen LogP contribution < -0.4 is 0 Å². The molecule has 1 unspecified atom stereocenters. The summed E-state index contributed by atoms with van der Waals surface area (Å²) in [6.07, 6.45) is 0.501. The monoisotopic (exact) mass is 306 g/mol. The van der Waals surface area contributed by atoms with Gasteiger partial charge in [-0.2, -0.15) is 0 Å². The van der Waals surface area contributed by atoms with Gasteiger partial charge in [0.25, 0.3) is 0 Å². The fourth-order valence-corrected chi connectivity index (χ4v) is 4.56. The van der Waals surface area contributed by atoms with Crippen LogP contribution in [0.4, 0.5) is 0 Å².